The summed E-state index contributed by atoms with van der Waals surface area (Å²) in [6.45, 7) is -1.18. The van der Waals surface area contributed by atoms with Crippen molar-refractivity contribution < 1.29 is 33.8 Å². The van der Waals surface area contributed by atoms with Gasteiger partial charge in [0.15, 0.2) is 0 Å². The SMILES string of the molecule is O=P([O-])([O-])C(O)(CN1C=CC=C(c2cccc(-c3ccccc3)c2)C1)P(=O)([O-])[O-]. The van der Waals surface area contributed by atoms with Gasteiger partial charge < -0.3 is 38.7 Å². The van der Waals surface area contributed by atoms with Gasteiger partial charge in [-0.1, -0.05) is 54.6 Å². The summed E-state index contributed by atoms with van der Waals surface area (Å²) in [7, 11) is -12.3. The van der Waals surface area contributed by atoms with Crippen LogP contribution < -0.4 is 19.6 Å². The van der Waals surface area contributed by atoms with E-state index >= 15 is 0 Å². The second-order valence-electron chi connectivity index (χ2n) is 6.65. The first kappa shape index (κ1) is 21.7. The Labute approximate surface area is 167 Å². The zero-order valence-corrected chi connectivity index (χ0v) is 16.9. The highest BCUT2D eigenvalue weighted by molar-refractivity contribution is 7.69. The van der Waals surface area contributed by atoms with E-state index in [1.165, 1.54) is 12.3 Å². The normalized spacial score (nSPS) is 15.3. The molecule has 2 aromatic carbocycles. The van der Waals surface area contributed by atoms with Gasteiger partial charge in [-0.15, -0.1) is 0 Å². The minimum Gasteiger partial charge on any atom is -0.808 e. The minimum atomic E-state index is -6.14. The number of hydrogen-bond donors (Lipinski definition) is 1. The summed E-state index contributed by atoms with van der Waals surface area (Å²) in [6, 6.07) is 17.1. The van der Waals surface area contributed by atoms with Crippen LogP contribution in [-0.4, -0.2) is 28.2 Å². The maximum atomic E-state index is 11.3. The average molecular weight is 433 g/mol. The third-order valence-corrected chi connectivity index (χ3v) is 8.11. The molecular weight excluding hydrogens is 416 g/mol. The lowest BCUT2D eigenvalue weighted by atomic mass is 9.98. The number of aliphatic hydroxyl groups is 1. The number of benzene rings is 2. The van der Waals surface area contributed by atoms with Crippen molar-refractivity contribution in [2.24, 2.45) is 0 Å². The molecule has 10 heteroatoms. The van der Waals surface area contributed by atoms with Crippen LogP contribution in [0.2, 0.25) is 0 Å². The Morgan fingerprint density at radius 2 is 1.48 bits per heavy atom. The van der Waals surface area contributed by atoms with Gasteiger partial charge in [0.25, 0.3) is 0 Å². The Morgan fingerprint density at radius 1 is 0.897 bits per heavy atom. The predicted octanol–water partition coefficient (Wildman–Crippen LogP) is 0.0398. The molecule has 0 saturated carbocycles. The molecule has 0 bridgehead atoms. The zero-order chi connectivity index (χ0) is 21.3. The lowest BCUT2D eigenvalue weighted by molar-refractivity contribution is -0.348. The van der Waals surface area contributed by atoms with Gasteiger partial charge in [0, 0.05) is 6.54 Å². The van der Waals surface area contributed by atoms with Crippen molar-refractivity contribution in [3.63, 3.8) is 0 Å². The van der Waals surface area contributed by atoms with Crippen LogP contribution in [0.1, 0.15) is 5.56 Å². The summed E-state index contributed by atoms with van der Waals surface area (Å²) in [5.41, 5.74) is 3.40. The second kappa shape index (κ2) is 8.01. The first-order chi connectivity index (χ1) is 13.5. The summed E-state index contributed by atoms with van der Waals surface area (Å²) >= 11 is 0. The molecule has 0 amide bonds. The summed E-state index contributed by atoms with van der Waals surface area (Å²) in [5, 5.41) is 5.98. The van der Waals surface area contributed by atoms with Gasteiger partial charge in [0.05, 0.1) is 6.54 Å². The Balaban J connectivity index is 1.85. The first-order valence-corrected chi connectivity index (χ1v) is 11.6. The number of hydrogen-bond acceptors (Lipinski definition) is 8. The summed E-state index contributed by atoms with van der Waals surface area (Å²) in [6.07, 6.45) is 4.55. The zero-order valence-electron chi connectivity index (χ0n) is 15.1. The van der Waals surface area contributed by atoms with Gasteiger partial charge >= 0.3 is 0 Å². The molecule has 29 heavy (non-hydrogen) atoms. The molecule has 0 unspecified atom stereocenters. The fraction of sp³-hybridized carbons (Fsp3) is 0.158. The molecular formula is C19H17NO7P2-4. The number of β-amino-alcohol motifs (C(OH)–C–C–N with tert-alkyl or cyclic N) is 1. The quantitative estimate of drug-likeness (QED) is 0.628. The Kier molecular flexibility index (Phi) is 5.99. The van der Waals surface area contributed by atoms with Crippen molar-refractivity contribution in [2.45, 2.75) is 5.08 Å². The Bertz CT molecular complexity index is 1020. The van der Waals surface area contributed by atoms with Gasteiger partial charge in [-0.2, -0.15) is 0 Å². The van der Waals surface area contributed by atoms with Crippen molar-refractivity contribution in [1.82, 2.24) is 4.90 Å². The lowest BCUT2D eigenvalue weighted by Gasteiger charge is -2.57. The number of allylic oxidation sites excluding steroid dienone is 2. The van der Waals surface area contributed by atoms with E-state index in [4.69, 9.17) is 0 Å². The number of nitrogens with zero attached hydrogens (tertiary/aromatic N) is 1. The molecule has 0 aliphatic carbocycles. The summed E-state index contributed by atoms with van der Waals surface area (Å²) in [4.78, 5) is 46.4. The van der Waals surface area contributed by atoms with Crippen LogP contribution in [0.4, 0.5) is 0 Å². The molecule has 8 nitrogen and oxygen atoms in total. The van der Waals surface area contributed by atoms with Crippen LogP contribution in [0, 0.1) is 0 Å². The van der Waals surface area contributed by atoms with E-state index in [2.05, 4.69) is 0 Å². The summed E-state index contributed by atoms with van der Waals surface area (Å²) < 4.78 is 22.6. The largest absolute Gasteiger partial charge is 0.808 e. The molecule has 0 atom stereocenters. The molecule has 1 heterocycles. The number of rotatable bonds is 6. The fourth-order valence-corrected chi connectivity index (χ4v) is 4.94. The molecule has 3 rings (SSSR count). The van der Waals surface area contributed by atoms with Crippen LogP contribution in [0.3, 0.4) is 0 Å². The van der Waals surface area contributed by atoms with Crippen molar-refractivity contribution in [1.29, 1.82) is 0 Å². The third-order valence-electron chi connectivity index (χ3n) is 4.60. The van der Waals surface area contributed by atoms with Gasteiger partial charge in [0.1, 0.15) is 5.08 Å². The summed E-state index contributed by atoms with van der Waals surface area (Å²) in [5.74, 6) is 0. The fourth-order valence-electron chi connectivity index (χ4n) is 3.03. The van der Waals surface area contributed by atoms with E-state index in [9.17, 15) is 33.8 Å². The van der Waals surface area contributed by atoms with Crippen molar-refractivity contribution in [3.8, 4) is 11.1 Å². The van der Waals surface area contributed by atoms with Gasteiger partial charge in [-0.05, 0) is 55.8 Å². The highest BCUT2D eigenvalue weighted by Gasteiger charge is 2.37. The van der Waals surface area contributed by atoms with Gasteiger partial charge in [-0.3, -0.25) is 0 Å². The van der Waals surface area contributed by atoms with Crippen LogP contribution in [0.15, 0.2) is 72.9 Å². The minimum absolute atomic E-state index is 0.00292. The van der Waals surface area contributed by atoms with E-state index in [-0.39, 0.29) is 6.54 Å². The molecule has 1 N–H and O–H groups in total. The van der Waals surface area contributed by atoms with E-state index < -0.39 is 26.8 Å². The molecule has 2 aromatic rings. The molecule has 0 fully saturated rings. The molecule has 1 aliphatic heterocycles. The molecule has 0 radical (unpaired) electrons. The Morgan fingerprint density at radius 3 is 2.10 bits per heavy atom. The Hall–Kier alpha value is -2.02. The van der Waals surface area contributed by atoms with E-state index in [0.29, 0.717) is 5.57 Å². The highest BCUT2D eigenvalue weighted by atomic mass is 31.2. The molecule has 0 aromatic heterocycles. The van der Waals surface area contributed by atoms with Gasteiger partial charge in [0.2, 0.25) is 0 Å². The van der Waals surface area contributed by atoms with Crippen molar-refractivity contribution >= 4 is 20.8 Å². The molecule has 0 saturated heterocycles. The first-order valence-electron chi connectivity index (χ1n) is 8.55. The van der Waals surface area contributed by atoms with Gasteiger partial charge in [-0.25, -0.2) is 0 Å². The van der Waals surface area contributed by atoms with Crippen LogP contribution in [0.25, 0.3) is 16.7 Å². The highest BCUT2D eigenvalue weighted by Crippen LogP contribution is 2.59. The molecule has 0 spiro atoms. The van der Waals surface area contributed by atoms with E-state index in [1.54, 1.807) is 6.08 Å². The predicted molar refractivity (Wildman–Crippen MR) is 101 cm³/mol. The van der Waals surface area contributed by atoms with Crippen LogP contribution in [0.5, 0.6) is 0 Å². The third kappa shape index (κ3) is 4.60. The van der Waals surface area contributed by atoms with Crippen molar-refractivity contribution in [3.05, 3.63) is 78.5 Å². The smallest absolute Gasteiger partial charge is 0.134 e. The standard InChI is InChI=1S/C19H21NO7P2/c21-19(28(22,23)24,29(25,26)27)14-20-11-5-10-18(13-20)17-9-4-8-16(12-17)15-6-2-1-3-7-15/h1-12,21H,13-14H2,(H2,22,23,24)(H2,25,26,27)/p-4. The molecule has 1 aliphatic rings. The van der Waals surface area contributed by atoms with Crippen molar-refractivity contribution in [2.75, 3.05) is 13.1 Å². The second-order valence-corrected chi connectivity index (χ2v) is 10.5. The maximum Gasteiger partial charge on any atom is 0.134 e. The van der Waals surface area contributed by atoms with E-state index in [1.807, 2.05) is 54.6 Å². The van der Waals surface area contributed by atoms with Crippen LogP contribution in [-0.2, 0) is 9.13 Å². The average Bonchev–Trinajstić information content (AvgIpc) is 2.67. The van der Waals surface area contributed by atoms with E-state index in [0.717, 1.165) is 21.6 Å². The maximum absolute atomic E-state index is 11.3. The topological polar surface area (TPSA) is 150 Å². The lowest BCUT2D eigenvalue weighted by Crippen LogP contribution is -2.52. The van der Waals surface area contributed by atoms with Crippen LogP contribution >= 0.6 is 15.2 Å². The molecule has 154 valence electrons. The monoisotopic (exact) mass is 433 g/mol.